The summed E-state index contributed by atoms with van der Waals surface area (Å²) >= 11 is 0. The number of hydrogen-bond donors (Lipinski definition) is 0. The van der Waals surface area contributed by atoms with Gasteiger partial charge in [-0.25, -0.2) is 4.39 Å². The molecular weight excluding hydrogens is 270 g/mol. The van der Waals surface area contributed by atoms with Crippen LogP contribution in [-0.4, -0.2) is 0 Å². The lowest BCUT2D eigenvalue weighted by molar-refractivity contribution is -0.138. The molecule has 0 atom stereocenters. The summed E-state index contributed by atoms with van der Waals surface area (Å²) in [6.45, 7) is 0. The van der Waals surface area contributed by atoms with Crippen LogP contribution in [0.1, 0.15) is 11.1 Å². The second-order valence-electron chi connectivity index (χ2n) is 4.21. The van der Waals surface area contributed by atoms with E-state index in [2.05, 4.69) is 0 Å². The molecule has 20 heavy (non-hydrogen) atoms. The van der Waals surface area contributed by atoms with Crippen LogP contribution in [0.3, 0.4) is 0 Å². The molecule has 0 aliphatic rings. The number of benzene rings is 2. The molecule has 2 aromatic carbocycles. The minimum absolute atomic E-state index is 0.0816. The zero-order chi connectivity index (χ0) is 14.8. The summed E-state index contributed by atoms with van der Waals surface area (Å²) in [5.74, 6) is -0.419. The number of nitrogens with zero attached hydrogens (tertiary/aromatic N) is 1. The summed E-state index contributed by atoms with van der Waals surface area (Å²) in [4.78, 5) is 0. The molecule has 0 unspecified atom stereocenters. The Morgan fingerprint density at radius 3 is 2.10 bits per heavy atom. The average molecular weight is 279 g/mol. The molecule has 1 nitrogen and oxygen atoms in total. The maximum Gasteiger partial charge on any atom is 0.416 e. The first-order valence-electron chi connectivity index (χ1n) is 5.75. The van der Waals surface area contributed by atoms with Gasteiger partial charge in [-0.15, -0.1) is 0 Å². The van der Waals surface area contributed by atoms with E-state index >= 15 is 0 Å². The van der Waals surface area contributed by atoms with E-state index in [1.54, 1.807) is 6.07 Å². The Hall–Kier alpha value is -2.35. The SMILES string of the molecule is N#CCc1cc(-c2ccc(F)cc2)ccc1C(F)(F)F. The molecule has 0 spiro atoms. The summed E-state index contributed by atoms with van der Waals surface area (Å²) in [5, 5.41) is 8.64. The fourth-order valence-electron chi connectivity index (χ4n) is 1.92. The van der Waals surface area contributed by atoms with E-state index in [0.717, 1.165) is 6.07 Å². The zero-order valence-electron chi connectivity index (χ0n) is 10.2. The van der Waals surface area contributed by atoms with Gasteiger partial charge in [-0.2, -0.15) is 18.4 Å². The molecule has 0 aliphatic carbocycles. The van der Waals surface area contributed by atoms with E-state index in [0.29, 0.717) is 11.1 Å². The van der Waals surface area contributed by atoms with Crippen molar-refractivity contribution in [3.63, 3.8) is 0 Å². The van der Waals surface area contributed by atoms with Crippen molar-refractivity contribution in [1.29, 1.82) is 5.26 Å². The van der Waals surface area contributed by atoms with Gasteiger partial charge in [-0.1, -0.05) is 18.2 Å². The van der Waals surface area contributed by atoms with Gasteiger partial charge in [0.1, 0.15) is 5.82 Å². The molecule has 2 rings (SSSR count). The molecule has 0 saturated heterocycles. The molecule has 0 amide bonds. The van der Waals surface area contributed by atoms with E-state index in [9.17, 15) is 17.6 Å². The van der Waals surface area contributed by atoms with E-state index in [-0.39, 0.29) is 12.0 Å². The Bertz CT molecular complexity index is 651. The van der Waals surface area contributed by atoms with E-state index in [4.69, 9.17) is 5.26 Å². The lowest BCUT2D eigenvalue weighted by Crippen LogP contribution is -2.09. The molecule has 5 heteroatoms. The first-order chi connectivity index (χ1) is 9.41. The first kappa shape index (κ1) is 14.1. The third kappa shape index (κ3) is 2.97. The van der Waals surface area contributed by atoms with Crippen molar-refractivity contribution in [1.82, 2.24) is 0 Å². The van der Waals surface area contributed by atoms with Gasteiger partial charge in [0.2, 0.25) is 0 Å². The summed E-state index contributed by atoms with van der Waals surface area (Å²) in [7, 11) is 0. The third-order valence-electron chi connectivity index (χ3n) is 2.86. The van der Waals surface area contributed by atoms with Crippen molar-refractivity contribution < 1.29 is 17.6 Å². The quantitative estimate of drug-likeness (QED) is 0.738. The van der Waals surface area contributed by atoms with Gasteiger partial charge in [0, 0.05) is 0 Å². The largest absolute Gasteiger partial charge is 0.416 e. The van der Waals surface area contributed by atoms with Crippen molar-refractivity contribution in [3.05, 3.63) is 59.4 Å². The van der Waals surface area contributed by atoms with Crippen molar-refractivity contribution in [3.8, 4) is 17.2 Å². The number of halogens is 4. The standard InChI is InChI=1S/C15H9F4N/c16-13-4-1-10(2-5-13)11-3-6-14(15(17,18)19)12(9-11)7-8-20/h1-6,9H,7H2. The molecule has 0 fully saturated rings. The maximum atomic E-state index is 12.8. The highest BCUT2D eigenvalue weighted by molar-refractivity contribution is 5.65. The van der Waals surface area contributed by atoms with Crippen molar-refractivity contribution in [2.45, 2.75) is 12.6 Å². The molecule has 0 N–H and O–H groups in total. The highest BCUT2D eigenvalue weighted by atomic mass is 19.4. The van der Waals surface area contributed by atoms with E-state index in [1.807, 2.05) is 0 Å². The summed E-state index contributed by atoms with van der Waals surface area (Å²) in [6, 6.07) is 10.7. The highest BCUT2D eigenvalue weighted by Crippen LogP contribution is 2.34. The van der Waals surface area contributed by atoms with Crippen LogP contribution in [0.2, 0.25) is 0 Å². The minimum atomic E-state index is -4.49. The Labute approximate surface area is 113 Å². The highest BCUT2D eigenvalue weighted by Gasteiger charge is 2.33. The zero-order valence-corrected chi connectivity index (χ0v) is 10.2. The Morgan fingerprint density at radius 2 is 1.55 bits per heavy atom. The molecule has 2 aromatic rings. The summed E-state index contributed by atoms with van der Waals surface area (Å²) in [6.07, 6.45) is -4.82. The summed E-state index contributed by atoms with van der Waals surface area (Å²) in [5.41, 5.74) is 0.217. The van der Waals surface area contributed by atoms with Crippen LogP contribution in [0.15, 0.2) is 42.5 Å². The number of rotatable bonds is 2. The number of nitriles is 1. The molecule has 0 radical (unpaired) electrons. The van der Waals surface area contributed by atoms with Crippen LogP contribution >= 0.6 is 0 Å². The number of hydrogen-bond acceptors (Lipinski definition) is 1. The number of alkyl halides is 3. The van der Waals surface area contributed by atoms with Crippen LogP contribution in [0.5, 0.6) is 0 Å². The molecular formula is C15H9F4N. The van der Waals surface area contributed by atoms with E-state index < -0.39 is 17.6 Å². The van der Waals surface area contributed by atoms with Crippen molar-refractivity contribution in [2.75, 3.05) is 0 Å². The van der Waals surface area contributed by atoms with Gasteiger partial charge in [0.15, 0.2) is 0 Å². The smallest absolute Gasteiger partial charge is 0.207 e. The Morgan fingerprint density at radius 1 is 0.950 bits per heavy atom. The van der Waals surface area contributed by atoms with Gasteiger partial charge in [0.25, 0.3) is 0 Å². The predicted molar refractivity (Wildman–Crippen MR) is 66.2 cm³/mol. The predicted octanol–water partition coefficient (Wildman–Crippen LogP) is 4.58. The normalized spacial score (nSPS) is 11.2. The van der Waals surface area contributed by atoms with E-state index in [1.165, 1.54) is 36.4 Å². The lowest BCUT2D eigenvalue weighted by atomic mass is 9.97. The van der Waals surface area contributed by atoms with Gasteiger partial charge >= 0.3 is 6.18 Å². The molecule has 0 aliphatic heterocycles. The van der Waals surface area contributed by atoms with Crippen LogP contribution in [0, 0.1) is 17.1 Å². The molecule has 0 saturated carbocycles. The average Bonchev–Trinajstić information content (AvgIpc) is 2.38. The molecule has 0 aromatic heterocycles. The third-order valence-corrected chi connectivity index (χ3v) is 2.86. The van der Waals surface area contributed by atoms with Crippen LogP contribution in [0.25, 0.3) is 11.1 Å². The van der Waals surface area contributed by atoms with Crippen LogP contribution < -0.4 is 0 Å². The molecule has 0 bridgehead atoms. The molecule has 102 valence electrons. The van der Waals surface area contributed by atoms with Gasteiger partial charge in [-0.3, -0.25) is 0 Å². The first-order valence-corrected chi connectivity index (χ1v) is 5.75. The summed E-state index contributed by atoms with van der Waals surface area (Å²) < 4.78 is 51.2. The van der Waals surface area contributed by atoms with Gasteiger partial charge in [0.05, 0.1) is 18.1 Å². The Kier molecular flexibility index (Phi) is 3.75. The molecule has 0 heterocycles. The monoisotopic (exact) mass is 279 g/mol. The fraction of sp³-hybridized carbons (Fsp3) is 0.133. The topological polar surface area (TPSA) is 23.8 Å². The van der Waals surface area contributed by atoms with Crippen molar-refractivity contribution >= 4 is 0 Å². The van der Waals surface area contributed by atoms with Gasteiger partial charge in [-0.05, 0) is 41.0 Å². The maximum absolute atomic E-state index is 12.8. The van der Waals surface area contributed by atoms with Gasteiger partial charge < -0.3 is 0 Å². The van der Waals surface area contributed by atoms with Crippen LogP contribution in [-0.2, 0) is 12.6 Å². The fourth-order valence-corrected chi connectivity index (χ4v) is 1.92. The second kappa shape index (κ2) is 5.33. The lowest BCUT2D eigenvalue weighted by Gasteiger charge is -2.12. The Balaban J connectivity index is 2.50. The second-order valence-corrected chi connectivity index (χ2v) is 4.21. The van der Waals surface area contributed by atoms with Crippen LogP contribution in [0.4, 0.5) is 17.6 Å². The van der Waals surface area contributed by atoms with Crippen molar-refractivity contribution in [2.24, 2.45) is 0 Å². The minimum Gasteiger partial charge on any atom is -0.207 e.